The maximum absolute atomic E-state index is 9.20. The van der Waals surface area contributed by atoms with Gasteiger partial charge in [-0.1, -0.05) is 6.07 Å². The molecule has 84 valence electrons. The van der Waals surface area contributed by atoms with Crippen molar-refractivity contribution in [2.24, 2.45) is 0 Å². The van der Waals surface area contributed by atoms with Crippen molar-refractivity contribution in [2.45, 2.75) is 19.4 Å². The van der Waals surface area contributed by atoms with Crippen LogP contribution in [0.1, 0.15) is 13.3 Å². The first kappa shape index (κ1) is 11.9. The minimum absolute atomic E-state index is 0.252. The molecule has 15 heavy (non-hydrogen) atoms. The Bertz CT molecular complexity index is 299. The van der Waals surface area contributed by atoms with Crippen LogP contribution in [0.4, 0.5) is 5.69 Å². The fourth-order valence-electron chi connectivity index (χ4n) is 1.36. The van der Waals surface area contributed by atoms with Crippen molar-refractivity contribution in [3.05, 3.63) is 24.3 Å². The van der Waals surface area contributed by atoms with Gasteiger partial charge in [0.25, 0.3) is 0 Å². The number of aliphatic hydroxyl groups is 1. The van der Waals surface area contributed by atoms with Gasteiger partial charge < -0.3 is 14.7 Å². The van der Waals surface area contributed by atoms with E-state index < -0.39 is 0 Å². The Kier molecular flexibility index (Phi) is 4.43. The van der Waals surface area contributed by atoms with Crippen LogP contribution in [0.25, 0.3) is 0 Å². The molecule has 0 saturated carbocycles. The van der Waals surface area contributed by atoms with Gasteiger partial charge in [0.1, 0.15) is 5.75 Å². The normalized spacial score (nSPS) is 12.3. The summed E-state index contributed by atoms with van der Waals surface area (Å²) in [5.74, 6) is 0.858. The van der Waals surface area contributed by atoms with Gasteiger partial charge in [0, 0.05) is 25.3 Å². The van der Waals surface area contributed by atoms with Crippen LogP contribution in [-0.4, -0.2) is 31.9 Å². The largest absolute Gasteiger partial charge is 0.497 e. The predicted octanol–water partition coefficient (Wildman–Crippen LogP) is 1.90. The second kappa shape index (κ2) is 5.61. The average molecular weight is 209 g/mol. The first-order chi connectivity index (χ1) is 7.13. The van der Waals surface area contributed by atoms with Gasteiger partial charge in [0.05, 0.1) is 13.2 Å². The number of anilines is 1. The van der Waals surface area contributed by atoms with Crippen LogP contribution in [0.15, 0.2) is 24.3 Å². The number of nitrogens with zero attached hydrogens (tertiary/aromatic N) is 1. The molecule has 0 bridgehead atoms. The van der Waals surface area contributed by atoms with E-state index in [1.54, 1.807) is 14.0 Å². The van der Waals surface area contributed by atoms with Gasteiger partial charge in [-0.2, -0.15) is 0 Å². The molecule has 0 fully saturated rings. The SMILES string of the molecule is COc1cccc(N(C)CCC(C)O)c1. The molecule has 0 aliphatic rings. The summed E-state index contributed by atoms with van der Waals surface area (Å²) in [5.41, 5.74) is 1.11. The van der Waals surface area contributed by atoms with Crippen LogP contribution in [0, 0.1) is 0 Å². The fourth-order valence-corrected chi connectivity index (χ4v) is 1.36. The molecule has 1 unspecified atom stereocenters. The monoisotopic (exact) mass is 209 g/mol. The van der Waals surface area contributed by atoms with Gasteiger partial charge in [-0.05, 0) is 25.5 Å². The lowest BCUT2D eigenvalue weighted by atomic mass is 10.2. The molecule has 0 aromatic heterocycles. The highest BCUT2D eigenvalue weighted by Gasteiger charge is 2.03. The third-order valence-corrected chi connectivity index (χ3v) is 2.38. The summed E-state index contributed by atoms with van der Waals surface area (Å²) < 4.78 is 5.15. The highest BCUT2D eigenvalue weighted by Crippen LogP contribution is 2.19. The molecule has 0 aliphatic carbocycles. The van der Waals surface area contributed by atoms with Gasteiger partial charge in [-0.15, -0.1) is 0 Å². The number of aliphatic hydroxyl groups excluding tert-OH is 1. The number of methoxy groups -OCH3 is 1. The van der Waals surface area contributed by atoms with E-state index in [1.165, 1.54) is 0 Å². The molecule has 3 heteroatoms. The summed E-state index contributed by atoms with van der Waals surface area (Å²) in [5, 5.41) is 9.20. The summed E-state index contributed by atoms with van der Waals surface area (Å²) in [6.07, 6.45) is 0.520. The Morgan fingerprint density at radius 1 is 1.47 bits per heavy atom. The third kappa shape index (κ3) is 3.80. The number of hydrogen-bond acceptors (Lipinski definition) is 3. The number of ether oxygens (including phenoxy) is 1. The van der Waals surface area contributed by atoms with Crippen molar-refractivity contribution in [3.8, 4) is 5.75 Å². The van der Waals surface area contributed by atoms with E-state index in [2.05, 4.69) is 4.90 Å². The highest BCUT2D eigenvalue weighted by molar-refractivity contribution is 5.49. The third-order valence-electron chi connectivity index (χ3n) is 2.38. The zero-order valence-electron chi connectivity index (χ0n) is 9.60. The summed E-state index contributed by atoms with van der Waals surface area (Å²) in [4.78, 5) is 2.11. The molecule has 1 rings (SSSR count). The van der Waals surface area contributed by atoms with Gasteiger partial charge >= 0.3 is 0 Å². The fraction of sp³-hybridized carbons (Fsp3) is 0.500. The minimum atomic E-state index is -0.252. The van der Waals surface area contributed by atoms with Crippen LogP contribution in [-0.2, 0) is 0 Å². The minimum Gasteiger partial charge on any atom is -0.497 e. The average Bonchev–Trinajstić information content (AvgIpc) is 2.26. The van der Waals surface area contributed by atoms with Crippen molar-refractivity contribution in [1.82, 2.24) is 0 Å². The molecular formula is C12H19NO2. The van der Waals surface area contributed by atoms with Gasteiger partial charge in [-0.3, -0.25) is 0 Å². The van der Waals surface area contributed by atoms with Crippen molar-refractivity contribution >= 4 is 5.69 Å². The molecule has 1 aromatic rings. The van der Waals surface area contributed by atoms with E-state index in [-0.39, 0.29) is 6.10 Å². The second-order valence-electron chi connectivity index (χ2n) is 3.76. The van der Waals surface area contributed by atoms with Crippen molar-refractivity contribution in [1.29, 1.82) is 0 Å². The number of benzene rings is 1. The van der Waals surface area contributed by atoms with E-state index in [0.717, 1.165) is 24.4 Å². The topological polar surface area (TPSA) is 32.7 Å². The molecule has 1 atom stereocenters. The first-order valence-electron chi connectivity index (χ1n) is 5.16. The maximum atomic E-state index is 9.20. The standard InChI is InChI=1S/C12H19NO2/c1-10(14)7-8-13(2)11-5-4-6-12(9-11)15-3/h4-6,9-10,14H,7-8H2,1-3H3. The van der Waals surface area contributed by atoms with Crippen molar-refractivity contribution < 1.29 is 9.84 Å². The van der Waals surface area contributed by atoms with Crippen LogP contribution < -0.4 is 9.64 Å². The van der Waals surface area contributed by atoms with E-state index in [4.69, 9.17) is 4.74 Å². The maximum Gasteiger partial charge on any atom is 0.120 e. The number of rotatable bonds is 5. The molecule has 0 aliphatic heterocycles. The molecule has 1 N–H and O–H groups in total. The molecule has 0 spiro atoms. The molecule has 0 heterocycles. The Labute approximate surface area is 91.3 Å². The van der Waals surface area contributed by atoms with E-state index in [1.807, 2.05) is 31.3 Å². The molecule has 0 radical (unpaired) electrons. The molecule has 0 amide bonds. The van der Waals surface area contributed by atoms with Gasteiger partial charge in [0.15, 0.2) is 0 Å². The predicted molar refractivity (Wildman–Crippen MR) is 62.6 cm³/mol. The van der Waals surface area contributed by atoms with Gasteiger partial charge in [-0.25, -0.2) is 0 Å². The smallest absolute Gasteiger partial charge is 0.120 e. The van der Waals surface area contributed by atoms with Crippen LogP contribution in [0.3, 0.4) is 0 Å². The highest BCUT2D eigenvalue weighted by atomic mass is 16.5. The second-order valence-corrected chi connectivity index (χ2v) is 3.76. The molecule has 1 aromatic carbocycles. The molecule has 3 nitrogen and oxygen atoms in total. The van der Waals surface area contributed by atoms with Crippen LogP contribution in [0.2, 0.25) is 0 Å². The van der Waals surface area contributed by atoms with E-state index >= 15 is 0 Å². The first-order valence-corrected chi connectivity index (χ1v) is 5.16. The zero-order chi connectivity index (χ0) is 11.3. The lowest BCUT2D eigenvalue weighted by molar-refractivity contribution is 0.187. The summed E-state index contributed by atoms with van der Waals surface area (Å²) in [6.45, 7) is 2.64. The Hall–Kier alpha value is -1.22. The summed E-state index contributed by atoms with van der Waals surface area (Å²) >= 11 is 0. The van der Waals surface area contributed by atoms with Crippen LogP contribution >= 0.6 is 0 Å². The quantitative estimate of drug-likeness (QED) is 0.804. The van der Waals surface area contributed by atoms with Crippen LogP contribution in [0.5, 0.6) is 5.75 Å². The van der Waals surface area contributed by atoms with Gasteiger partial charge in [0.2, 0.25) is 0 Å². The van der Waals surface area contributed by atoms with E-state index in [0.29, 0.717) is 0 Å². The lowest BCUT2D eigenvalue weighted by Gasteiger charge is -2.20. The zero-order valence-corrected chi connectivity index (χ0v) is 9.60. The summed E-state index contributed by atoms with van der Waals surface area (Å²) in [7, 11) is 3.67. The lowest BCUT2D eigenvalue weighted by Crippen LogP contribution is -2.21. The van der Waals surface area contributed by atoms with E-state index in [9.17, 15) is 5.11 Å². The van der Waals surface area contributed by atoms with Crippen molar-refractivity contribution in [2.75, 3.05) is 25.6 Å². The van der Waals surface area contributed by atoms with Crippen molar-refractivity contribution in [3.63, 3.8) is 0 Å². The molecule has 0 saturated heterocycles. The number of hydrogen-bond donors (Lipinski definition) is 1. The summed E-state index contributed by atoms with van der Waals surface area (Å²) in [6, 6.07) is 7.91. The Morgan fingerprint density at radius 2 is 2.20 bits per heavy atom. The Morgan fingerprint density at radius 3 is 2.80 bits per heavy atom. The Balaban J connectivity index is 2.60. The molecular weight excluding hydrogens is 190 g/mol.